The smallest absolute Gasteiger partial charge is 0.309 e. The average molecular weight is 260 g/mol. The van der Waals surface area contributed by atoms with E-state index >= 15 is 0 Å². The first-order valence-corrected chi connectivity index (χ1v) is 6.36. The number of nitrogens with zero attached hydrogens (tertiary/aromatic N) is 1. The minimum Gasteiger partial charge on any atom is -0.481 e. The minimum absolute atomic E-state index is 0.280. The predicted molar refractivity (Wildman–Crippen MR) is 75.9 cm³/mol. The maximum atomic E-state index is 11.2. The normalized spacial score (nSPS) is 13.7. The summed E-state index contributed by atoms with van der Waals surface area (Å²) in [6, 6.07) is 7.74. The summed E-state index contributed by atoms with van der Waals surface area (Å²) >= 11 is 0. The number of aryl methyl sites for hydroxylation is 1. The molecule has 1 atom stereocenters. The quantitative estimate of drug-likeness (QED) is 0.888. The summed E-state index contributed by atoms with van der Waals surface area (Å²) in [4.78, 5) is 11.2. The van der Waals surface area contributed by atoms with Gasteiger partial charge in [-0.1, -0.05) is 18.2 Å². The Hall–Kier alpha value is -1.81. The molecule has 102 valence electrons. The van der Waals surface area contributed by atoms with Crippen LogP contribution in [0, 0.1) is 5.41 Å². The van der Waals surface area contributed by atoms with Gasteiger partial charge in [-0.2, -0.15) is 0 Å². The van der Waals surface area contributed by atoms with Crippen molar-refractivity contribution >= 4 is 16.9 Å². The Kier molecular flexibility index (Phi) is 3.37. The van der Waals surface area contributed by atoms with E-state index in [9.17, 15) is 9.90 Å². The number of rotatable bonds is 4. The van der Waals surface area contributed by atoms with Gasteiger partial charge < -0.3 is 15.4 Å². The third-order valence-electron chi connectivity index (χ3n) is 3.64. The van der Waals surface area contributed by atoms with Crippen molar-refractivity contribution in [3.63, 3.8) is 0 Å². The predicted octanol–water partition coefficient (Wildman–Crippen LogP) is 2.68. The third-order valence-corrected chi connectivity index (χ3v) is 3.64. The van der Waals surface area contributed by atoms with E-state index in [-0.39, 0.29) is 6.04 Å². The molecule has 2 aromatic rings. The largest absolute Gasteiger partial charge is 0.481 e. The third kappa shape index (κ3) is 2.49. The van der Waals surface area contributed by atoms with Gasteiger partial charge in [0.05, 0.1) is 5.41 Å². The second-order valence-corrected chi connectivity index (χ2v) is 5.71. The standard InChI is InChI=1S/C15H20N2O2/c1-15(2,14(18)19)8-12(16)11-9-17(3)13-7-5-4-6-10(11)13/h4-7,9,12H,8,16H2,1-3H3,(H,18,19). The van der Waals surface area contributed by atoms with Gasteiger partial charge in [0.15, 0.2) is 0 Å². The molecule has 4 nitrogen and oxygen atoms in total. The maximum Gasteiger partial charge on any atom is 0.309 e. The number of carbonyl (C=O) groups is 1. The lowest BCUT2D eigenvalue weighted by Gasteiger charge is -2.23. The van der Waals surface area contributed by atoms with Crippen LogP contribution in [0.2, 0.25) is 0 Å². The maximum absolute atomic E-state index is 11.2. The first kappa shape index (κ1) is 13.6. The van der Waals surface area contributed by atoms with E-state index in [1.54, 1.807) is 13.8 Å². The van der Waals surface area contributed by atoms with Gasteiger partial charge in [0.1, 0.15) is 0 Å². The summed E-state index contributed by atoms with van der Waals surface area (Å²) < 4.78 is 2.03. The van der Waals surface area contributed by atoms with Gasteiger partial charge in [0.25, 0.3) is 0 Å². The van der Waals surface area contributed by atoms with Crippen molar-refractivity contribution in [2.45, 2.75) is 26.3 Å². The molecular weight excluding hydrogens is 240 g/mol. The molecule has 0 aliphatic rings. The van der Waals surface area contributed by atoms with E-state index in [1.165, 1.54) is 0 Å². The second-order valence-electron chi connectivity index (χ2n) is 5.71. The van der Waals surface area contributed by atoms with Crippen molar-refractivity contribution < 1.29 is 9.90 Å². The van der Waals surface area contributed by atoms with Crippen LogP contribution >= 0.6 is 0 Å². The molecular formula is C15H20N2O2. The molecule has 0 spiro atoms. The summed E-state index contributed by atoms with van der Waals surface area (Å²) in [5, 5.41) is 10.3. The molecule has 3 N–H and O–H groups in total. The Morgan fingerprint density at radius 2 is 2.05 bits per heavy atom. The van der Waals surface area contributed by atoms with E-state index in [4.69, 9.17) is 5.73 Å². The molecule has 0 aliphatic heterocycles. The van der Waals surface area contributed by atoms with Crippen LogP contribution in [-0.4, -0.2) is 15.6 Å². The molecule has 1 aromatic carbocycles. The van der Waals surface area contributed by atoms with Crippen molar-refractivity contribution in [2.75, 3.05) is 0 Å². The number of benzene rings is 1. The van der Waals surface area contributed by atoms with Crippen molar-refractivity contribution in [3.8, 4) is 0 Å². The Morgan fingerprint density at radius 1 is 1.42 bits per heavy atom. The fraction of sp³-hybridized carbons (Fsp3) is 0.400. The van der Waals surface area contributed by atoms with Crippen LogP contribution in [0.3, 0.4) is 0 Å². The van der Waals surface area contributed by atoms with Crippen LogP contribution in [-0.2, 0) is 11.8 Å². The van der Waals surface area contributed by atoms with Gasteiger partial charge in [-0.05, 0) is 31.9 Å². The molecule has 2 rings (SSSR count). The zero-order chi connectivity index (χ0) is 14.2. The molecule has 19 heavy (non-hydrogen) atoms. The van der Waals surface area contributed by atoms with E-state index in [2.05, 4.69) is 0 Å². The number of nitrogens with two attached hydrogens (primary N) is 1. The summed E-state index contributed by atoms with van der Waals surface area (Å²) in [5.74, 6) is -0.816. The molecule has 1 aromatic heterocycles. The number of hydrogen-bond donors (Lipinski definition) is 2. The number of para-hydroxylation sites is 1. The van der Waals surface area contributed by atoms with E-state index < -0.39 is 11.4 Å². The Balaban J connectivity index is 2.37. The van der Waals surface area contributed by atoms with Gasteiger partial charge in [-0.3, -0.25) is 4.79 Å². The molecule has 0 saturated heterocycles. The van der Waals surface area contributed by atoms with Gasteiger partial charge in [0.2, 0.25) is 0 Å². The number of aliphatic carboxylic acids is 1. The lowest BCUT2D eigenvalue weighted by Crippen LogP contribution is -2.28. The number of hydrogen-bond acceptors (Lipinski definition) is 2. The molecule has 0 aliphatic carbocycles. The van der Waals surface area contributed by atoms with E-state index in [0.717, 1.165) is 16.5 Å². The highest BCUT2D eigenvalue weighted by Gasteiger charge is 2.30. The molecule has 0 saturated carbocycles. The number of aromatic nitrogens is 1. The zero-order valence-corrected chi connectivity index (χ0v) is 11.6. The highest BCUT2D eigenvalue weighted by Crippen LogP contribution is 2.32. The van der Waals surface area contributed by atoms with Crippen LogP contribution in [0.25, 0.3) is 10.9 Å². The highest BCUT2D eigenvalue weighted by atomic mass is 16.4. The van der Waals surface area contributed by atoms with Crippen molar-refractivity contribution in [3.05, 3.63) is 36.0 Å². The number of carboxylic acid groups (broad SMARTS) is 1. The summed E-state index contributed by atoms with van der Waals surface area (Å²) in [7, 11) is 1.97. The molecule has 0 radical (unpaired) electrons. The van der Waals surface area contributed by atoms with E-state index in [1.807, 2.05) is 42.1 Å². The van der Waals surface area contributed by atoms with E-state index in [0.29, 0.717) is 6.42 Å². The highest BCUT2D eigenvalue weighted by molar-refractivity contribution is 5.84. The summed E-state index contributed by atoms with van der Waals surface area (Å²) in [6.07, 6.45) is 2.41. The first-order chi connectivity index (χ1) is 8.83. The SMILES string of the molecule is Cn1cc(C(N)CC(C)(C)C(=O)O)c2ccccc21. The Bertz CT molecular complexity index is 614. The summed E-state index contributed by atoms with van der Waals surface area (Å²) in [5.41, 5.74) is 7.52. The minimum atomic E-state index is -0.823. The Labute approximate surface area is 112 Å². The molecule has 4 heteroatoms. The average Bonchev–Trinajstić information content (AvgIpc) is 2.67. The topological polar surface area (TPSA) is 68.2 Å². The lowest BCUT2D eigenvalue weighted by molar-refractivity contribution is -0.147. The van der Waals surface area contributed by atoms with Crippen LogP contribution in [0.5, 0.6) is 0 Å². The molecule has 1 unspecified atom stereocenters. The van der Waals surface area contributed by atoms with Gasteiger partial charge in [-0.15, -0.1) is 0 Å². The van der Waals surface area contributed by atoms with Gasteiger partial charge in [-0.25, -0.2) is 0 Å². The van der Waals surface area contributed by atoms with Gasteiger partial charge >= 0.3 is 5.97 Å². The molecule has 0 fully saturated rings. The molecule has 0 amide bonds. The first-order valence-electron chi connectivity index (χ1n) is 6.36. The molecule has 1 heterocycles. The van der Waals surface area contributed by atoms with Crippen molar-refractivity contribution in [1.82, 2.24) is 4.57 Å². The number of fused-ring (bicyclic) bond motifs is 1. The van der Waals surface area contributed by atoms with Gasteiger partial charge in [0, 0.05) is 30.2 Å². The van der Waals surface area contributed by atoms with Crippen LogP contribution in [0.1, 0.15) is 31.9 Å². The van der Waals surface area contributed by atoms with Crippen LogP contribution in [0.4, 0.5) is 0 Å². The monoisotopic (exact) mass is 260 g/mol. The number of carboxylic acids is 1. The van der Waals surface area contributed by atoms with Crippen molar-refractivity contribution in [1.29, 1.82) is 0 Å². The van der Waals surface area contributed by atoms with Crippen LogP contribution in [0.15, 0.2) is 30.5 Å². The molecule has 0 bridgehead atoms. The van der Waals surface area contributed by atoms with Crippen LogP contribution < -0.4 is 5.73 Å². The second kappa shape index (κ2) is 4.70. The van der Waals surface area contributed by atoms with Crippen molar-refractivity contribution in [2.24, 2.45) is 18.2 Å². The fourth-order valence-electron chi connectivity index (χ4n) is 2.42. The summed E-state index contributed by atoms with van der Waals surface area (Å²) in [6.45, 7) is 3.42. The fourth-order valence-corrected chi connectivity index (χ4v) is 2.42. The Morgan fingerprint density at radius 3 is 2.68 bits per heavy atom. The zero-order valence-electron chi connectivity index (χ0n) is 11.6. The lowest BCUT2D eigenvalue weighted by atomic mass is 9.84.